The predicted octanol–water partition coefficient (Wildman–Crippen LogP) is 7.34. The number of hydrogen-bond acceptors (Lipinski definition) is 6. The molecule has 0 radical (unpaired) electrons. The number of esters is 1. The van der Waals surface area contributed by atoms with Gasteiger partial charge < -0.3 is 4.74 Å². The zero-order valence-electron chi connectivity index (χ0n) is 20.2. The van der Waals surface area contributed by atoms with Crippen LogP contribution in [0.25, 0.3) is 17.2 Å². The van der Waals surface area contributed by atoms with Gasteiger partial charge in [0.25, 0.3) is 0 Å². The van der Waals surface area contributed by atoms with E-state index in [4.69, 9.17) is 17.0 Å². The molecule has 0 saturated heterocycles. The lowest BCUT2D eigenvalue weighted by molar-refractivity contribution is -0.147. The Morgan fingerprint density at radius 1 is 1.16 bits per heavy atom. The van der Waals surface area contributed by atoms with Crippen molar-refractivity contribution in [1.82, 2.24) is 0 Å². The van der Waals surface area contributed by atoms with Crippen LogP contribution < -0.4 is 0 Å². The molecule has 2 aliphatic carbocycles. The van der Waals surface area contributed by atoms with Crippen LogP contribution in [0.3, 0.4) is 0 Å². The van der Waals surface area contributed by atoms with Gasteiger partial charge in [-0.25, -0.2) is 4.39 Å². The van der Waals surface area contributed by atoms with E-state index in [2.05, 4.69) is 6.08 Å². The van der Waals surface area contributed by atoms with E-state index in [1.54, 1.807) is 46.1 Å². The van der Waals surface area contributed by atoms with E-state index in [0.29, 0.717) is 10.4 Å². The van der Waals surface area contributed by atoms with Gasteiger partial charge in [-0.1, -0.05) is 58.1 Å². The Balaban J connectivity index is 1.47. The molecule has 3 aliphatic rings. The van der Waals surface area contributed by atoms with Crippen LogP contribution >= 0.6 is 33.8 Å². The van der Waals surface area contributed by atoms with Crippen LogP contribution in [-0.4, -0.2) is 32.7 Å². The van der Waals surface area contributed by atoms with E-state index < -0.39 is 22.4 Å². The van der Waals surface area contributed by atoms with Crippen molar-refractivity contribution in [2.45, 2.75) is 23.8 Å². The van der Waals surface area contributed by atoms with Crippen LogP contribution in [0, 0.1) is 5.82 Å². The second-order valence-electron chi connectivity index (χ2n) is 8.82. The van der Waals surface area contributed by atoms with Crippen LogP contribution in [0.15, 0.2) is 88.2 Å². The maximum atomic E-state index is 14.3. The third-order valence-electron chi connectivity index (χ3n) is 6.44. The molecule has 8 heteroatoms. The van der Waals surface area contributed by atoms with Crippen LogP contribution in [0.4, 0.5) is 4.39 Å². The van der Waals surface area contributed by atoms with Crippen molar-refractivity contribution in [3.05, 3.63) is 106 Å². The Kier molecular flexibility index (Phi) is 7.54. The first-order valence-corrected chi connectivity index (χ1v) is 15.8. The second-order valence-corrected chi connectivity index (χ2v) is 13.1. The number of fused-ring (bicyclic) bond motifs is 1. The van der Waals surface area contributed by atoms with Gasteiger partial charge in [-0.15, -0.1) is 0 Å². The zero-order chi connectivity index (χ0) is 26.2. The average molecular weight is 567 g/mol. The van der Waals surface area contributed by atoms with Crippen molar-refractivity contribution in [3.8, 4) is 0 Å². The molecular formula is C29H23FO3S4. The molecule has 0 bridgehead atoms. The number of hydrogen-bond donors (Lipinski definition) is 0. The molecular weight excluding hydrogens is 544 g/mol. The first-order chi connectivity index (χ1) is 17.8. The van der Waals surface area contributed by atoms with Crippen molar-refractivity contribution in [3.63, 3.8) is 0 Å². The van der Waals surface area contributed by atoms with Crippen LogP contribution in [0.1, 0.15) is 30.0 Å². The average Bonchev–Trinajstić information content (AvgIpc) is 3.50. The number of carbonyl (C=O) groups excluding carboxylic acids is 1. The Morgan fingerprint density at radius 2 is 1.89 bits per heavy atom. The summed E-state index contributed by atoms with van der Waals surface area (Å²) >= 11 is 5.26. The minimum absolute atomic E-state index is 0.00630. The number of ether oxygens (including phenoxy) is 1. The summed E-state index contributed by atoms with van der Waals surface area (Å²) in [5.74, 6) is 0.0771. The van der Waals surface area contributed by atoms with E-state index in [1.165, 1.54) is 12.1 Å². The quantitative estimate of drug-likeness (QED) is 0.207. The number of halogens is 1. The monoisotopic (exact) mass is 566 g/mol. The second kappa shape index (κ2) is 10.7. The molecule has 0 aromatic heterocycles. The molecule has 1 aliphatic heterocycles. The summed E-state index contributed by atoms with van der Waals surface area (Å²) in [7, 11) is 2.23. The lowest BCUT2D eigenvalue weighted by Crippen LogP contribution is -2.33. The number of carbonyl (C=O) groups is 1. The summed E-state index contributed by atoms with van der Waals surface area (Å²) in [4.78, 5) is 15.7. The first-order valence-electron chi connectivity index (χ1n) is 11.6. The van der Waals surface area contributed by atoms with Gasteiger partial charge in [0.05, 0.1) is 6.42 Å². The van der Waals surface area contributed by atoms with Gasteiger partial charge in [0, 0.05) is 37.5 Å². The Hall–Kier alpha value is -2.52. The molecule has 1 unspecified atom stereocenters. The summed E-state index contributed by atoms with van der Waals surface area (Å²) in [6, 6.07) is 12.2. The maximum Gasteiger partial charge on any atom is 0.311 e. The largest absolute Gasteiger partial charge is 0.445 e. The standard InChI is InChI=1S/C29H23FO3S4/c1-18-24(15-19-3-6-22(7-4-19)37(2)32)23-8-5-20(30)16-26(23)25(18)17-28(31)33-29(27-11-14-35-36-27)12-9-21(34)10-13-29/h3-13,15-16H,14,17H2,1-2H3/b24-15-. The highest BCUT2D eigenvalue weighted by atomic mass is 33.1. The summed E-state index contributed by atoms with van der Waals surface area (Å²) in [6.45, 7) is 1.95. The highest BCUT2D eigenvalue weighted by molar-refractivity contribution is 8.78. The number of thiocarbonyl (C=S) groups is 1. The maximum absolute atomic E-state index is 14.3. The minimum atomic E-state index is -1.06. The van der Waals surface area contributed by atoms with Gasteiger partial charge in [0.15, 0.2) is 5.60 Å². The molecule has 1 atom stereocenters. The lowest BCUT2D eigenvalue weighted by atomic mass is 9.96. The van der Waals surface area contributed by atoms with Crippen LogP contribution in [0.2, 0.25) is 0 Å². The summed E-state index contributed by atoms with van der Waals surface area (Å²) in [5, 5.41) is 0. The summed E-state index contributed by atoms with van der Waals surface area (Å²) in [6.07, 6.45) is 13.0. The van der Waals surface area contributed by atoms with Crippen molar-refractivity contribution in [2.24, 2.45) is 0 Å². The molecule has 0 amide bonds. The van der Waals surface area contributed by atoms with Gasteiger partial charge in [-0.05, 0) is 95.0 Å². The highest BCUT2D eigenvalue weighted by Gasteiger charge is 2.38. The molecule has 1 heterocycles. The van der Waals surface area contributed by atoms with Crippen LogP contribution in [0.5, 0.6) is 0 Å². The molecule has 2 aromatic rings. The number of benzene rings is 2. The van der Waals surface area contributed by atoms with E-state index in [0.717, 1.165) is 43.4 Å². The van der Waals surface area contributed by atoms with E-state index >= 15 is 0 Å². The highest BCUT2D eigenvalue weighted by Crippen LogP contribution is 2.48. The predicted molar refractivity (Wildman–Crippen MR) is 158 cm³/mol. The van der Waals surface area contributed by atoms with Crippen molar-refractivity contribution >= 4 is 72.7 Å². The van der Waals surface area contributed by atoms with Crippen molar-refractivity contribution in [2.75, 3.05) is 12.0 Å². The smallest absolute Gasteiger partial charge is 0.311 e. The molecule has 0 N–H and O–H groups in total. The lowest BCUT2D eigenvalue weighted by Gasteiger charge is -2.30. The third kappa shape index (κ3) is 5.39. The fraction of sp³-hybridized carbons (Fsp3) is 0.172. The van der Waals surface area contributed by atoms with Gasteiger partial charge in [-0.3, -0.25) is 9.00 Å². The number of allylic oxidation sites excluding steroid dienone is 4. The summed E-state index contributed by atoms with van der Waals surface area (Å²) < 4.78 is 32.2. The van der Waals surface area contributed by atoms with Gasteiger partial charge in [0.1, 0.15) is 5.82 Å². The fourth-order valence-corrected chi connectivity index (χ4v) is 7.58. The molecule has 0 spiro atoms. The molecule has 2 aromatic carbocycles. The van der Waals surface area contributed by atoms with Crippen molar-refractivity contribution in [1.29, 1.82) is 0 Å². The molecule has 37 heavy (non-hydrogen) atoms. The minimum Gasteiger partial charge on any atom is -0.445 e. The normalized spacial score (nSPS) is 19.8. The fourth-order valence-electron chi connectivity index (χ4n) is 4.54. The Morgan fingerprint density at radius 3 is 2.54 bits per heavy atom. The first kappa shape index (κ1) is 26.1. The van der Waals surface area contributed by atoms with Gasteiger partial charge in [0.2, 0.25) is 0 Å². The van der Waals surface area contributed by atoms with Gasteiger partial charge in [-0.2, -0.15) is 0 Å². The molecule has 0 saturated carbocycles. The molecule has 188 valence electrons. The third-order valence-corrected chi connectivity index (χ3v) is 10.0. The zero-order valence-corrected chi connectivity index (χ0v) is 23.4. The van der Waals surface area contributed by atoms with E-state index in [-0.39, 0.29) is 12.2 Å². The Labute approximate surface area is 231 Å². The molecule has 3 nitrogen and oxygen atoms in total. The molecule has 0 fully saturated rings. The van der Waals surface area contributed by atoms with E-state index in [9.17, 15) is 13.4 Å². The molecule has 5 rings (SSSR count). The Bertz CT molecular complexity index is 1460. The topological polar surface area (TPSA) is 43.4 Å². The van der Waals surface area contributed by atoms with Crippen LogP contribution in [-0.2, 0) is 20.3 Å². The summed E-state index contributed by atoms with van der Waals surface area (Å²) in [5.41, 5.74) is 4.08. The number of rotatable bonds is 6. The van der Waals surface area contributed by atoms with E-state index in [1.807, 2.05) is 49.4 Å². The SMILES string of the molecule is CC1=C(CC(=O)OC2(C3=CCSS3)C=CC(=S)C=C2)c2cc(F)ccc2/C1=C\c1ccc(S(C)=O)cc1. The van der Waals surface area contributed by atoms with Gasteiger partial charge >= 0.3 is 5.97 Å². The van der Waals surface area contributed by atoms with Crippen molar-refractivity contribution < 1.29 is 18.1 Å².